The molecule has 0 spiro atoms. The van der Waals surface area contributed by atoms with Crippen LogP contribution in [0.4, 0.5) is 0 Å². The maximum Gasteiger partial charge on any atom is 0.119 e. The molecule has 3 N–H and O–H groups in total. The summed E-state index contributed by atoms with van der Waals surface area (Å²) in [4.78, 5) is 3.66. The van der Waals surface area contributed by atoms with Crippen LogP contribution in [0.3, 0.4) is 0 Å². The van der Waals surface area contributed by atoms with Crippen molar-refractivity contribution < 1.29 is 4.74 Å². The molecule has 0 radical (unpaired) electrons. The molecule has 132 valence electrons. The minimum atomic E-state index is 0.350. The number of H-pyrrole nitrogens is 1. The van der Waals surface area contributed by atoms with E-state index in [9.17, 15) is 0 Å². The Balaban J connectivity index is 1.90. The van der Waals surface area contributed by atoms with E-state index in [2.05, 4.69) is 67.4 Å². The highest BCUT2D eigenvalue weighted by atomic mass is 16.5. The number of fused-ring (bicyclic) bond motifs is 3. The van der Waals surface area contributed by atoms with Gasteiger partial charge in [-0.05, 0) is 36.3 Å². The van der Waals surface area contributed by atoms with Crippen molar-refractivity contribution in [1.29, 1.82) is 0 Å². The molecule has 3 heteroatoms. The standard InChI is InChI=1S/C23H24N2O/c1-15-10-11-19(17-6-5-7-18(14-17)26-13-12-24)22-20-8-3-4-9-21(20)25-23(22)16(15)2/h3-11,14,16,25H,12-13,24H2,1-2H3. The summed E-state index contributed by atoms with van der Waals surface area (Å²) in [5.74, 6) is 1.20. The van der Waals surface area contributed by atoms with Gasteiger partial charge in [0, 0.05) is 34.6 Å². The maximum atomic E-state index is 5.74. The van der Waals surface area contributed by atoms with E-state index in [4.69, 9.17) is 10.5 Å². The third kappa shape index (κ3) is 2.85. The highest BCUT2D eigenvalue weighted by molar-refractivity contribution is 5.99. The van der Waals surface area contributed by atoms with Crippen LogP contribution in [0.1, 0.15) is 36.6 Å². The number of benzene rings is 2. The van der Waals surface area contributed by atoms with E-state index in [0.717, 1.165) is 11.3 Å². The summed E-state index contributed by atoms with van der Waals surface area (Å²) in [6.07, 6.45) is 4.47. The highest BCUT2D eigenvalue weighted by Gasteiger charge is 2.23. The fraction of sp³-hybridized carbons (Fsp3) is 0.217. The molecule has 1 aliphatic carbocycles. The normalized spacial score (nSPS) is 16.7. The summed E-state index contributed by atoms with van der Waals surface area (Å²) in [5.41, 5.74) is 13.0. The average molecular weight is 344 g/mol. The molecule has 2 aromatic carbocycles. The number of hydrogen-bond acceptors (Lipinski definition) is 2. The van der Waals surface area contributed by atoms with Crippen LogP contribution >= 0.6 is 0 Å². The minimum absolute atomic E-state index is 0.350. The number of ether oxygens (including phenoxy) is 1. The van der Waals surface area contributed by atoms with Gasteiger partial charge in [-0.1, -0.05) is 55.0 Å². The maximum absolute atomic E-state index is 5.74. The lowest BCUT2D eigenvalue weighted by Gasteiger charge is -2.14. The lowest BCUT2D eigenvalue weighted by atomic mass is 9.91. The fourth-order valence-electron chi connectivity index (χ4n) is 3.62. The third-order valence-corrected chi connectivity index (χ3v) is 5.16. The van der Waals surface area contributed by atoms with E-state index in [0.29, 0.717) is 19.1 Å². The van der Waals surface area contributed by atoms with Gasteiger partial charge in [0.1, 0.15) is 12.4 Å². The molecule has 0 saturated heterocycles. The zero-order valence-electron chi connectivity index (χ0n) is 15.3. The molecule has 1 aromatic heterocycles. The van der Waals surface area contributed by atoms with Gasteiger partial charge in [0.15, 0.2) is 0 Å². The van der Waals surface area contributed by atoms with E-state index in [1.807, 2.05) is 12.1 Å². The Morgan fingerprint density at radius 2 is 1.92 bits per heavy atom. The summed E-state index contributed by atoms with van der Waals surface area (Å²) in [7, 11) is 0. The van der Waals surface area contributed by atoms with Gasteiger partial charge >= 0.3 is 0 Å². The summed E-state index contributed by atoms with van der Waals surface area (Å²) in [6, 6.07) is 16.8. The molecule has 1 heterocycles. The van der Waals surface area contributed by atoms with Crippen LogP contribution in [0, 0.1) is 0 Å². The molecule has 0 aliphatic heterocycles. The van der Waals surface area contributed by atoms with Crippen LogP contribution in [-0.4, -0.2) is 18.1 Å². The topological polar surface area (TPSA) is 51.0 Å². The van der Waals surface area contributed by atoms with Crippen LogP contribution in [0.5, 0.6) is 5.75 Å². The van der Waals surface area contributed by atoms with Crippen molar-refractivity contribution in [3.8, 4) is 5.75 Å². The SMILES string of the molecule is CC1=CC=C(c2cccc(OCCN)c2)c2c([nH]c3ccccc23)C1C. The van der Waals surface area contributed by atoms with Crippen molar-refractivity contribution in [3.05, 3.63) is 83.1 Å². The van der Waals surface area contributed by atoms with Crippen LogP contribution in [0.2, 0.25) is 0 Å². The Morgan fingerprint density at radius 1 is 1.08 bits per heavy atom. The second-order valence-electron chi connectivity index (χ2n) is 6.84. The first kappa shape index (κ1) is 16.7. The van der Waals surface area contributed by atoms with Crippen LogP contribution < -0.4 is 10.5 Å². The molecule has 0 fully saturated rings. The molecule has 1 unspecified atom stereocenters. The van der Waals surface area contributed by atoms with Gasteiger partial charge < -0.3 is 15.5 Å². The number of rotatable bonds is 4. The summed E-state index contributed by atoms with van der Waals surface area (Å²) in [6.45, 7) is 5.49. The van der Waals surface area contributed by atoms with Gasteiger partial charge in [-0.2, -0.15) is 0 Å². The van der Waals surface area contributed by atoms with Crippen molar-refractivity contribution in [2.45, 2.75) is 19.8 Å². The summed E-state index contributed by atoms with van der Waals surface area (Å²) >= 11 is 0. The molecule has 0 saturated carbocycles. The zero-order valence-corrected chi connectivity index (χ0v) is 15.3. The number of aromatic nitrogens is 1. The Bertz CT molecular complexity index is 1010. The first-order valence-electron chi connectivity index (χ1n) is 9.12. The average Bonchev–Trinajstić information content (AvgIpc) is 3.00. The number of nitrogens with one attached hydrogen (secondary N) is 1. The largest absolute Gasteiger partial charge is 0.492 e. The fourth-order valence-corrected chi connectivity index (χ4v) is 3.62. The van der Waals surface area contributed by atoms with E-state index in [1.54, 1.807) is 0 Å². The molecule has 0 amide bonds. The van der Waals surface area contributed by atoms with Crippen LogP contribution in [-0.2, 0) is 0 Å². The van der Waals surface area contributed by atoms with Crippen molar-refractivity contribution in [2.75, 3.05) is 13.2 Å². The molecule has 3 nitrogen and oxygen atoms in total. The van der Waals surface area contributed by atoms with E-state index >= 15 is 0 Å². The summed E-state index contributed by atoms with van der Waals surface area (Å²) < 4.78 is 5.74. The number of allylic oxidation sites excluding steroid dienone is 3. The minimum Gasteiger partial charge on any atom is -0.492 e. The Labute approximate surface area is 154 Å². The van der Waals surface area contributed by atoms with E-state index in [1.165, 1.54) is 33.3 Å². The monoisotopic (exact) mass is 344 g/mol. The van der Waals surface area contributed by atoms with E-state index < -0.39 is 0 Å². The van der Waals surface area contributed by atoms with Gasteiger partial charge in [-0.3, -0.25) is 0 Å². The highest BCUT2D eigenvalue weighted by Crippen LogP contribution is 2.41. The quantitative estimate of drug-likeness (QED) is 0.700. The van der Waals surface area contributed by atoms with Gasteiger partial charge in [0.2, 0.25) is 0 Å². The van der Waals surface area contributed by atoms with Gasteiger partial charge in [-0.25, -0.2) is 0 Å². The predicted octanol–water partition coefficient (Wildman–Crippen LogP) is 5.00. The molecular formula is C23H24N2O. The molecule has 1 atom stereocenters. The second-order valence-corrected chi connectivity index (χ2v) is 6.84. The summed E-state index contributed by atoms with van der Waals surface area (Å²) in [5, 5.41) is 1.26. The van der Waals surface area contributed by atoms with Crippen molar-refractivity contribution >= 4 is 16.5 Å². The second kappa shape index (κ2) is 6.85. The smallest absolute Gasteiger partial charge is 0.119 e. The van der Waals surface area contributed by atoms with Crippen molar-refractivity contribution in [3.63, 3.8) is 0 Å². The number of nitrogens with two attached hydrogens (primary N) is 1. The zero-order chi connectivity index (χ0) is 18.1. The Hall–Kier alpha value is -2.78. The van der Waals surface area contributed by atoms with Crippen molar-refractivity contribution in [1.82, 2.24) is 4.98 Å². The first-order chi connectivity index (χ1) is 12.7. The molecule has 4 rings (SSSR count). The molecule has 1 aliphatic rings. The van der Waals surface area contributed by atoms with Crippen molar-refractivity contribution in [2.24, 2.45) is 5.73 Å². The van der Waals surface area contributed by atoms with E-state index in [-0.39, 0.29) is 0 Å². The number of hydrogen-bond donors (Lipinski definition) is 2. The van der Waals surface area contributed by atoms with Crippen LogP contribution in [0.15, 0.2) is 66.3 Å². The molecule has 0 bridgehead atoms. The number of aromatic amines is 1. The van der Waals surface area contributed by atoms with Crippen LogP contribution in [0.25, 0.3) is 16.5 Å². The Kier molecular flexibility index (Phi) is 4.39. The lowest BCUT2D eigenvalue weighted by molar-refractivity contribution is 0.328. The van der Waals surface area contributed by atoms with Gasteiger partial charge in [0.25, 0.3) is 0 Å². The third-order valence-electron chi connectivity index (χ3n) is 5.16. The van der Waals surface area contributed by atoms with Gasteiger partial charge in [-0.15, -0.1) is 0 Å². The number of para-hydroxylation sites is 1. The molecule has 26 heavy (non-hydrogen) atoms. The lowest BCUT2D eigenvalue weighted by Crippen LogP contribution is -2.10. The Morgan fingerprint density at radius 3 is 2.77 bits per heavy atom. The molecule has 3 aromatic rings. The van der Waals surface area contributed by atoms with Gasteiger partial charge in [0.05, 0.1) is 0 Å². The molecular weight excluding hydrogens is 320 g/mol. The first-order valence-corrected chi connectivity index (χ1v) is 9.12. The predicted molar refractivity (Wildman–Crippen MR) is 109 cm³/mol.